The van der Waals surface area contributed by atoms with Crippen LogP contribution in [0, 0.1) is 5.92 Å². The number of amides is 1. The quantitative estimate of drug-likeness (QED) is 0.517. The SMILES string of the molecule is CCCCC(CC)CNC(=O)C(CC(=O)O)Sc1nc2ccccc2[nH]1. The number of thioether (sulfide) groups is 1. The van der Waals surface area contributed by atoms with Gasteiger partial charge in [0.25, 0.3) is 0 Å². The van der Waals surface area contributed by atoms with Crippen molar-refractivity contribution in [2.24, 2.45) is 5.92 Å². The number of nitrogens with one attached hydrogen (secondary N) is 2. The molecule has 2 aromatic rings. The highest BCUT2D eigenvalue weighted by molar-refractivity contribution is 8.00. The molecule has 0 fully saturated rings. The summed E-state index contributed by atoms with van der Waals surface area (Å²) in [4.78, 5) is 31.3. The fourth-order valence-electron chi connectivity index (χ4n) is 2.77. The van der Waals surface area contributed by atoms with Gasteiger partial charge >= 0.3 is 5.97 Å². The van der Waals surface area contributed by atoms with Crippen LogP contribution in [0.15, 0.2) is 29.4 Å². The van der Waals surface area contributed by atoms with E-state index in [1.807, 2.05) is 24.3 Å². The van der Waals surface area contributed by atoms with Crippen molar-refractivity contribution in [3.05, 3.63) is 24.3 Å². The minimum atomic E-state index is -0.994. The number of para-hydroxylation sites is 2. The normalized spacial score (nSPS) is 13.5. The second-order valence-corrected chi connectivity index (χ2v) is 7.62. The Morgan fingerprint density at radius 3 is 2.73 bits per heavy atom. The lowest BCUT2D eigenvalue weighted by molar-refractivity contribution is -0.138. The summed E-state index contributed by atoms with van der Waals surface area (Å²) in [7, 11) is 0. The van der Waals surface area contributed by atoms with Gasteiger partial charge in [-0.25, -0.2) is 4.98 Å². The number of carboxylic acids is 1. The number of fused-ring (bicyclic) bond motifs is 1. The minimum absolute atomic E-state index is 0.237. The van der Waals surface area contributed by atoms with Gasteiger partial charge in [-0.05, 0) is 24.5 Å². The fraction of sp³-hybridized carbons (Fsp3) is 0.526. The van der Waals surface area contributed by atoms with Gasteiger partial charge in [0.1, 0.15) is 5.25 Å². The first-order valence-corrected chi connectivity index (χ1v) is 10.0. The number of unbranched alkanes of at least 4 members (excludes halogenated alkanes) is 1. The first kappa shape index (κ1) is 20.3. The highest BCUT2D eigenvalue weighted by Crippen LogP contribution is 2.26. The predicted octanol–water partition coefficient (Wildman–Crippen LogP) is 3.83. The Kier molecular flexibility index (Phi) is 7.97. The van der Waals surface area contributed by atoms with Gasteiger partial charge < -0.3 is 15.4 Å². The molecule has 0 aliphatic heterocycles. The average Bonchev–Trinajstić information content (AvgIpc) is 3.03. The summed E-state index contributed by atoms with van der Waals surface area (Å²) in [6.07, 6.45) is 4.11. The maximum absolute atomic E-state index is 12.6. The first-order valence-electron chi connectivity index (χ1n) is 9.14. The maximum atomic E-state index is 12.6. The molecule has 0 saturated carbocycles. The van der Waals surface area contributed by atoms with Crippen molar-refractivity contribution in [1.29, 1.82) is 0 Å². The van der Waals surface area contributed by atoms with Crippen molar-refractivity contribution >= 4 is 34.7 Å². The van der Waals surface area contributed by atoms with Crippen LogP contribution in [0.2, 0.25) is 0 Å². The molecule has 2 rings (SSSR count). The highest BCUT2D eigenvalue weighted by atomic mass is 32.2. The summed E-state index contributed by atoms with van der Waals surface area (Å²) in [6, 6.07) is 7.57. The Bertz CT molecular complexity index is 699. The zero-order valence-corrected chi connectivity index (χ0v) is 16.1. The topological polar surface area (TPSA) is 95.1 Å². The van der Waals surface area contributed by atoms with Crippen molar-refractivity contribution in [2.75, 3.05) is 6.54 Å². The summed E-state index contributed by atoms with van der Waals surface area (Å²) in [6.45, 7) is 4.86. The van der Waals surface area contributed by atoms with Crippen LogP contribution in [0.4, 0.5) is 0 Å². The molecule has 0 spiro atoms. The van der Waals surface area contributed by atoms with Crippen molar-refractivity contribution in [3.8, 4) is 0 Å². The summed E-state index contributed by atoms with van der Waals surface area (Å²) in [5.41, 5.74) is 1.67. The number of carbonyl (C=O) groups is 2. The molecule has 0 radical (unpaired) electrons. The number of aliphatic carboxylic acids is 1. The molecule has 0 aliphatic carbocycles. The number of benzene rings is 1. The van der Waals surface area contributed by atoms with E-state index in [1.54, 1.807) is 0 Å². The standard InChI is InChI=1S/C19H27N3O3S/c1-3-5-8-13(4-2)12-20-18(25)16(11-17(23)24)26-19-21-14-9-6-7-10-15(14)22-19/h6-7,9-10,13,16H,3-5,8,11-12H2,1-2H3,(H,20,25)(H,21,22)(H,23,24). The van der Waals surface area contributed by atoms with E-state index >= 15 is 0 Å². The maximum Gasteiger partial charge on any atom is 0.305 e. The van der Waals surface area contributed by atoms with Crippen LogP contribution in [-0.4, -0.2) is 38.7 Å². The minimum Gasteiger partial charge on any atom is -0.481 e. The summed E-state index contributed by atoms with van der Waals surface area (Å²) >= 11 is 1.17. The van der Waals surface area contributed by atoms with Crippen molar-refractivity contribution in [1.82, 2.24) is 15.3 Å². The number of H-pyrrole nitrogens is 1. The summed E-state index contributed by atoms with van der Waals surface area (Å²) in [5.74, 6) is -0.805. The van der Waals surface area contributed by atoms with E-state index in [-0.39, 0.29) is 12.3 Å². The van der Waals surface area contributed by atoms with E-state index in [4.69, 9.17) is 5.11 Å². The van der Waals surface area contributed by atoms with E-state index in [0.717, 1.165) is 36.7 Å². The molecule has 1 heterocycles. The molecule has 7 heteroatoms. The number of aromatic nitrogens is 2. The third-order valence-electron chi connectivity index (χ3n) is 4.38. The molecule has 0 saturated heterocycles. The number of imidazole rings is 1. The van der Waals surface area contributed by atoms with Gasteiger partial charge in [-0.1, -0.05) is 57.0 Å². The van der Waals surface area contributed by atoms with Crippen LogP contribution in [0.5, 0.6) is 0 Å². The second-order valence-electron chi connectivity index (χ2n) is 6.43. The van der Waals surface area contributed by atoms with E-state index < -0.39 is 11.2 Å². The van der Waals surface area contributed by atoms with Gasteiger partial charge in [0.05, 0.1) is 17.5 Å². The molecule has 142 valence electrons. The Labute approximate surface area is 158 Å². The van der Waals surface area contributed by atoms with Gasteiger partial charge in [0, 0.05) is 6.54 Å². The largest absolute Gasteiger partial charge is 0.481 e. The Morgan fingerprint density at radius 2 is 2.08 bits per heavy atom. The van der Waals surface area contributed by atoms with Crippen molar-refractivity contribution < 1.29 is 14.7 Å². The lowest BCUT2D eigenvalue weighted by Crippen LogP contribution is -2.37. The third kappa shape index (κ3) is 6.05. The first-order chi connectivity index (χ1) is 12.5. The Balaban J connectivity index is 2.00. The van der Waals surface area contributed by atoms with E-state index in [1.165, 1.54) is 11.8 Å². The molecule has 6 nitrogen and oxygen atoms in total. The van der Waals surface area contributed by atoms with Gasteiger partial charge in [-0.15, -0.1) is 0 Å². The van der Waals surface area contributed by atoms with Crippen LogP contribution in [0.25, 0.3) is 11.0 Å². The lowest BCUT2D eigenvalue weighted by Gasteiger charge is -2.18. The molecule has 2 atom stereocenters. The van der Waals surface area contributed by atoms with E-state index in [0.29, 0.717) is 17.6 Å². The molecule has 1 aromatic heterocycles. The predicted molar refractivity (Wildman–Crippen MR) is 104 cm³/mol. The number of carboxylic acid groups (broad SMARTS) is 1. The Hall–Kier alpha value is -2.02. The summed E-state index contributed by atoms with van der Waals surface area (Å²) < 4.78 is 0. The third-order valence-corrected chi connectivity index (χ3v) is 5.46. The van der Waals surface area contributed by atoms with Gasteiger partial charge in [0.15, 0.2) is 5.16 Å². The number of nitrogens with zero attached hydrogens (tertiary/aromatic N) is 1. The molecular weight excluding hydrogens is 350 g/mol. The molecule has 2 unspecified atom stereocenters. The molecule has 0 bridgehead atoms. The van der Waals surface area contributed by atoms with E-state index in [9.17, 15) is 9.59 Å². The lowest BCUT2D eigenvalue weighted by atomic mass is 9.99. The zero-order chi connectivity index (χ0) is 18.9. The van der Waals surface area contributed by atoms with Crippen molar-refractivity contribution in [3.63, 3.8) is 0 Å². The van der Waals surface area contributed by atoms with Gasteiger partial charge in [-0.3, -0.25) is 9.59 Å². The summed E-state index contributed by atoms with van der Waals surface area (Å²) in [5, 5.41) is 12.0. The number of aromatic amines is 1. The smallest absolute Gasteiger partial charge is 0.305 e. The van der Waals surface area contributed by atoms with Gasteiger partial charge in [-0.2, -0.15) is 0 Å². The molecule has 1 amide bonds. The molecule has 1 aromatic carbocycles. The van der Waals surface area contributed by atoms with Crippen LogP contribution in [0.1, 0.15) is 46.0 Å². The molecular formula is C19H27N3O3S. The van der Waals surface area contributed by atoms with Gasteiger partial charge in [0.2, 0.25) is 5.91 Å². The number of hydrogen-bond donors (Lipinski definition) is 3. The zero-order valence-electron chi connectivity index (χ0n) is 15.3. The second kappa shape index (κ2) is 10.2. The van der Waals surface area contributed by atoms with Crippen LogP contribution >= 0.6 is 11.8 Å². The van der Waals surface area contributed by atoms with Crippen LogP contribution < -0.4 is 5.32 Å². The van der Waals surface area contributed by atoms with Crippen LogP contribution in [-0.2, 0) is 9.59 Å². The monoisotopic (exact) mass is 377 g/mol. The number of carbonyl (C=O) groups excluding carboxylic acids is 1. The molecule has 0 aliphatic rings. The van der Waals surface area contributed by atoms with Crippen molar-refractivity contribution in [2.45, 2.75) is 56.4 Å². The fourth-order valence-corrected chi connectivity index (χ4v) is 3.77. The van der Waals surface area contributed by atoms with Crippen LogP contribution in [0.3, 0.4) is 0 Å². The number of rotatable bonds is 11. The average molecular weight is 378 g/mol. The molecule has 26 heavy (non-hydrogen) atoms. The number of hydrogen-bond acceptors (Lipinski definition) is 4. The highest BCUT2D eigenvalue weighted by Gasteiger charge is 2.25. The van der Waals surface area contributed by atoms with E-state index in [2.05, 4.69) is 29.1 Å². The Morgan fingerprint density at radius 1 is 1.31 bits per heavy atom. The molecule has 3 N–H and O–H groups in total.